The second kappa shape index (κ2) is 8.43. The molecular weight excluding hydrogens is 442 g/mol. The average Bonchev–Trinajstić information content (AvgIpc) is 3.53. The van der Waals surface area contributed by atoms with Gasteiger partial charge in [-0.3, -0.25) is 4.79 Å². The lowest BCUT2D eigenvalue weighted by Crippen LogP contribution is -2.39. The van der Waals surface area contributed by atoms with Gasteiger partial charge in [-0.05, 0) is 74.4 Å². The van der Waals surface area contributed by atoms with Crippen LogP contribution in [0.3, 0.4) is 0 Å². The molecular formula is C28H31N3O2S. The van der Waals surface area contributed by atoms with Crippen molar-refractivity contribution in [2.45, 2.75) is 45.2 Å². The van der Waals surface area contributed by atoms with Gasteiger partial charge in [0.15, 0.2) is 0 Å². The predicted molar refractivity (Wildman–Crippen MR) is 142 cm³/mol. The van der Waals surface area contributed by atoms with Gasteiger partial charge in [0.1, 0.15) is 12.0 Å². The molecule has 6 heteroatoms. The van der Waals surface area contributed by atoms with E-state index >= 15 is 0 Å². The van der Waals surface area contributed by atoms with Gasteiger partial charge in [-0.1, -0.05) is 6.07 Å². The zero-order valence-electron chi connectivity index (χ0n) is 19.8. The maximum absolute atomic E-state index is 11.5. The van der Waals surface area contributed by atoms with Gasteiger partial charge in [0, 0.05) is 52.4 Å². The van der Waals surface area contributed by atoms with Crippen LogP contribution in [0.15, 0.2) is 36.4 Å². The Bertz CT molecular complexity index is 1390. The third-order valence-electron chi connectivity index (χ3n) is 7.53. The number of aldehydes is 1. The Morgan fingerprint density at radius 1 is 1.12 bits per heavy atom. The molecule has 2 N–H and O–H groups in total. The minimum Gasteiger partial charge on any atom is -0.496 e. The van der Waals surface area contributed by atoms with Crippen LogP contribution in [-0.2, 0) is 6.54 Å². The fraction of sp³-hybridized carbons (Fsp3) is 0.393. The molecule has 0 amide bonds. The maximum atomic E-state index is 11.5. The molecule has 0 spiro atoms. The number of aryl methyl sites for hydroxylation is 1. The number of thiophene rings is 1. The van der Waals surface area contributed by atoms with Crippen molar-refractivity contribution in [3.05, 3.63) is 47.5 Å². The minimum absolute atomic E-state index is 0.331. The molecule has 1 saturated carbocycles. The minimum atomic E-state index is 0.331. The first-order chi connectivity index (χ1) is 16.6. The number of carbonyl (C=O) groups is 1. The molecule has 2 fully saturated rings. The lowest BCUT2D eigenvalue weighted by molar-refractivity contribution is 0.112. The fourth-order valence-corrected chi connectivity index (χ4v) is 6.67. The third kappa shape index (κ3) is 3.69. The normalized spacial score (nSPS) is 17.1. The Hall–Kier alpha value is -2.83. The second-order valence-electron chi connectivity index (χ2n) is 9.92. The lowest BCUT2D eigenvalue weighted by Gasteiger charge is -2.32. The molecule has 3 heterocycles. The number of methoxy groups -OCH3 is 1. The van der Waals surface area contributed by atoms with Crippen molar-refractivity contribution in [2.75, 3.05) is 25.1 Å². The summed E-state index contributed by atoms with van der Waals surface area (Å²) in [5.74, 6) is 1.53. The number of rotatable bonds is 6. The van der Waals surface area contributed by atoms with Crippen molar-refractivity contribution in [3.63, 3.8) is 0 Å². The van der Waals surface area contributed by atoms with E-state index in [1.165, 1.54) is 45.6 Å². The van der Waals surface area contributed by atoms with Crippen LogP contribution >= 0.6 is 11.3 Å². The molecule has 4 aromatic rings. The van der Waals surface area contributed by atoms with Gasteiger partial charge < -0.3 is 19.9 Å². The van der Waals surface area contributed by atoms with Crippen LogP contribution in [0.25, 0.3) is 31.6 Å². The summed E-state index contributed by atoms with van der Waals surface area (Å²) >= 11 is 1.76. The van der Waals surface area contributed by atoms with Crippen LogP contribution in [-0.4, -0.2) is 37.1 Å². The fourth-order valence-electron chi connectivity index (χ4n) is 5.37. The van der Waals surface area contributed by atoms with E-state index in [2.05, 4.69) is 40.7 Å². The number of benzene rings is 2. The maximum Gasteiger partial charge on any atom is 0.150 e. The summed E-state index contributed by atoms with van der Waals surface area (Å²) in [4.78, 5) is 15.2. The van der Waals surface area contributed by atoms with Gasteiger partial charge in [-0.2, -0.15) is 0 Å². The molecule has 2 aromatic heterocycles. The van der Waals surface area contributed by atoms with Crippen LogP contribution in [0.4, 0.5) is 5.69 Å². The Kier molecular flexibility index (Phi) is 5.38. The van der Waals surface area contributed by atoms with Crippen molar-refractivity contribution in [3.8, 4) is 16.3 Å². The number of piperidine rings is 1. The Morgan fingerprint density at radius 2 is 1.91 bits per heavy atom. The number of hydrogen-bond acceptors (Lipinski definition) is 5. The molecule has 0 atom stereocenters. The zero-order chi connectivity index (χ0) is 23.4. The monoisotopic (exact) mass is 473 g/mol. The molecule has 5 nitrogen and oxygen atoms in total. The summed E-state index contributed by atoms with van der Waals surface area (Å²) in [6.45, 7) is 5.28. The number of nitrogens with zero attached hydrogens (tertiary/aromatic N) is 2. The van der Waals surface area contributed by atoms with Gasteiger partial charge in [-0.25, -0.2) is 0 Å². The first-order valence-corrected chi connectivity index (χ1v) is 13.1. The molecule has 0 bridgehead atoms. The first kappa shape index (κ1) is 21.7. The van der Waals surface area contributed by atoms with E-state index in [0.717, 1.165) is 60.5 Å². The molecule has 1 aliphatic carbocycles. The van der Waals surface area contributed by atoms with Crippen molar-refractivity contribution in [2.24, 2.45) is 11.7 Å². The van der Waals surface area contributed by atoms with Crippen LogP contribution < -0.4 is 15.4 Å². The highest BCUT2D eigenvalue weighted by Gasteiger charge is 2.26. The van der Waals surface area contributed by atoms with Gasteiger partial charge in [0.2, 0.25) is 0 Å². The number of carbonyl (C=O) groups excluding carboxylic acids is 1. The smallest absolute Gasteiger partial charge is 0.150 e. The van der Waals surface area contributed by atoms with Crippen LogP contribution in [0.1, 0.15) is 41.6 Å². The average molecular weight is 474 g/mol. The zero-order valence-corrected chi connectivity index (χ0v) is 20.7. The standard InChI is InChI=1S/C28H31N3O2S/c1-17-27-25(33-2)11-19(16-32)12-26(27)34-28(17)24-13-20-5-6-22(30-9-7-21(29)8-10-30)14-23(20)31(24)15-18-3-4-18/h5-6,11-14,16,18,21H,3-4,7-10,15,29H2,1-2H3. The van der Waals surface area contributed by atoms with Gasteiger partial charge >= 0.3 is 0 Å². The van der Waals surface area contributed by atoms with Crippen LogP contribution in [0.2, 0.25) is 0 Å². The molecule has 0 unspecified atom stereocenters. The third-order valence-corrected chi connectivity index (χ3v) is 8.80. The summed E-state index contributed by atoms with van der Waals surface area (Å²) in [6.07, 6.45) is 5.63. The van der Waals surface area contributed by atoms with E-state index in [4.69, 9.17) is 10.5 Å². The van der Waals surface area contributed by atoms with Crippen molar-refractivity contribution < 1.29 is 9.53 Å². The summed E-state index contributed by atoms with van der Waals surface area (Å²) < 4.78 is 9.32. The molecule has 1 aliphatic heterocycles. The van der Waals surface area contributed by atoms with E-state index in [-0.39, 0.29) is 0 Å². The van der Waals surface area contributed by atoms with E-state index in [1.54, 1.807) is 18.4 Å². The van der Waals surface area contributed by atoms with Crippen molar-refractivity contribution in [1.29, 1.82) is 0 Å². The summed E-state index contributed by atoms with van der Waals surface area (Å²) in [5.41, 5.74) is 11.9. The molecule has 34 heavy (non-hydrogen) atoms. The summed E-state index contributed by atoms with van der Waals surface area (Å²) in [6, 6.07) is 13.4. The van der Waals surface area contributed by atoms with Crippen molar-refractivity contribution >= 4 is 44.3 Å². The van der Waals surface area contributed by atoms with E-state index < -0.39 is 0 Å². The molecule has 2 aliphatic rings. The molecule has 176 valence electrons. The Morgan fingerprint density at radius 3 is 2.62 bits per heavy atom. The predicted octanol–water partition coefficient (Wildman–Crippen LogP) is 5.99. The molecule has 2 aromatic carbocycles. The highest BCUT2D eigenvalue weighted by molar-refractivity contribution is 7.22. The summed E-state index contributed by atoms with van der Waals surface area (Å²) in [5, 5.41) is 2.40. The van der Waals surface area contributed by atoms with Gasteiger partial charge in [0.05, 0.1) is 23.2 Å². The lowest BCUT2D eigenvalue weighted by atomic mass is 10.1. The second-order valence-corrected chi connectivity index (χ2v) is 11.0. The van der Waals surface area contributed by atoms with Gasteiger partial charge in [-0.15, -0.1) is 11.3 Å². The number of ether oxygens (including phenoxy) is 1. The van der Waals surface area contributed by atoms with Crippen LogP contribution in [0, 0.1) is 12.8 Å². The van der Waals surface area contributed by atoms with E-state index in [0.29, 0.717) is 11.6 Å². The molecule has 6 rings (SSSR count). The SMILES string of the molecule is COc1cc(C=O)cc2sc(-c3cc4ccc(N5CCC(N)CC5)cc4n3CC3CC3)c(C)c12. The largest absolute Gasteiger partial charge is 0.496 e. The quantitative estimate of drug-likeness (QED) is 0.350. The van der Waals surface area contributed by atoms with Crippen molar-refractivity contribution in [1.82, 2.24) is 4.57 Å². The molecule has 0 radical (unpaired) electrons. The number of fused-ring (bicyclic) bond motifs is 2. The topological polar surface area (TPSA) is 60.5 Å². The number of aromatic nitrogens is 1. The number of hydrogen-bond donors (Lipinski definition) is 1. The number of anilines is 1. The summed E-state index contributed by atoms with van der Waals surface area (Å²) in [7, 11) is 1.68. The van der Waals surface area contributed by atoms with E-state index in [9.17, 15) is 4.79 Å². The Labute approximate surface area is 204 Å². The highest BCUT2D eigenvalue weighted by atomic mass is 32.1. The van der Waals surface area contributed by atoms with Gasteiger partial charge in [0.25, 0.3) is 0 Å². The van der Waals surface area contributed by atoms with Crippen LogP contribution in [0.5, 0.6) is 5.75 Å². The molecule has 1 saturated heterocycles. The Balaban J connectivity index is 1.50. The number of nitrogens with two attached hydrogens (primary N) is 1. The first-order valence-electron chi connectivity index (χ1n) is 12.3. The van der Waals surface area contributed by atoms with E-state index in [1.807, 2.05) is 12.1 Å². The highest BCUT2D eigenvalue weighted by Crippen LogP contribution is 2.45.